The number of hydrogen-bond acceptors (Lipinski definition) is 3. The maximum Gasteiger partial charge on any atom is 0.291 e. The molecule has 1 amide bonds. The summed E-state index contributed by atoms with van der Waals surface area (Å²) >= 11 is 12.8. The number of fused-ring (bicyclic) bond motifs is 2. The van der Waals surface area contributed by atoms with Crippen molar-refractivity contribution in [2.45, 2.75) is 6.54 Å². The van der Waals surface area contributed by atoms with Gasteiger partial charge in [0, 0.05) is 21.1 Å². The normalized spacial score (nSPS) is 12.2. The molecule has 2 aromatic carbocycles. The zero-order chi connectivity index (χ0) is 18.3. The van der Waals surface area contributed by atoms with E-state index in [2.05, 4.69) is 27.5 Å². The number of thiophene rings is 1. The number of rotatable bonds is 3. The van der Waals surface area contributed by atoms with E-state index in [1.54, 1.807) is 6.08 Å². The fourth-order valence-corrected chi connectivity index (χ4v) is 5.71. The van der Waals surface area contributed by atoms with Crippen molar-refractivity contribution in [3.05, 3.63) is 74.3 Å². The third-order valence-corrected chi connectivity index (χ3v) is 7.08. The van der Waals surface area contributed by atoms with E-state index in [-0.39, 0.29) is 5.91 Å². The smallest absolute Gasteiger partial charge is 0.291 e. The highest BCUT2D eigenvalue weighted by atomic mass is 79.9. The van der Waals surface area contributed by atoms with Gasteiger partial charge in [0.2, 0.25) is 0 Å². The molecule has 26 heavy (non-hydrogen) atoms. The predicted molar refractivity (Wildman–Crippen MR) is 114 cm³/mol. The minimum atomic E-state index is -0.320. The number of carbonyl (C=O) groups excluding carboxylic acids is 1. The van der Waals surface area contributed by atoms with Gasteiger partial charge < -0.3 is 4.57 Å². The number of hydrogen-bond donors (Lipinski definition) is 0. The number of amides is 1. The fraction of sp³-hybridized carbons (Fsp3) is 0.0526. The molecule has 0 radical (unpaired) electrons. The average molecular weight is 464 g/mol. The molecule has 2 aromatic heterocycles. The van der Waals surface area contributed by atoms with Gasteiger partial charge in [-0.3, -0.25) is 4.79 Å². The van der Waals surface area contributed by atoms with Gasteiger partial charge in [-0.25, -0.2) is 0 Å². The Hall–Kier alpha value is -1.73. The van der Waals surface area contributed by atoms with Crippen molar-refractivity contribution in [2.24, 2.45) is 4.99 Å². The van der Waals surface area contributed by atoms with E-state index in [4.69, 9.17) is 11.6 Å². The molecule has 7 heteroatoms. The van der Waals surface area contributed by atoms with Crippen LogP contribution >= 0.6 is 50.2 Å². The molecule has 0 bridgehead atoms. The Morgan fingerprint density at radius 2 is 2.04 bits per heavy atom. The minimum absolute atomic E-state index is 0.320. The van der Waals surface area contributed by atoms with Crippen LogP contribution in [0.3, 0.4) is 0 Å². The lowest BCUT2D eigenvalue weighted by Crippen LogP contribution is -2.16. The molecule has 0 spiro atoms. The highest BCUT2D eigenvalue weighted by Crippen LogP contribution is 2.35. The third-order valence-electron chi connectivity index (χ3n) is 3.88. The number of nitrogens with zero attached hydrogens (tertiary/aromatic N) is 2. The zero-order valence-corrected chi connectivity index (χ0v) is 17.4. The van der Waals surface area contributed by atoms with E-state index in [1.807, 2.05) is 47.0 Å². The number of halogens is 2. The summed E-state index contributed by atoms with van der Waals surface area (Å²) in [4.78, 5) is 18.3. The van der Waals surface area contributed by atoms with Gasteiger partial charge in [-0.2, -0.15) is 4.99 Å². The lowest BCUT2D eigenvalue weighted by Gasteiger charge is -2.00. The molecule has 0 unspecified atom stereocenters. The Kier molecular flexibility index (Phi) is 4.84. The molecular weight excluding hydrogens is 452 g/mol. The molecule has 0 fully saturated rings. The van der Waals surface area contributed by atoms with Crippen LogP contribution in [-0.2, 0) is 6.54 Å². The first-order valence-corrected chi connectivity index (χ1v) is 10.5. The van der Waals surface area contributed by atoms with Crippen LogP contribution in [-0.4, -0.2) is 10.5 Å². The van der Waals surface area contributed by atoms with Crippen LogP contribution in [0.25, 0.3) is 20.3 Å². The van der Waals surface area contributed by atoms with Crippen molar-refractivity contribution in [3.8, 4) is 0 Å². The monoisotopic (exact) mass is 462 g/mol. The van der Waals surface area contributed by atoms with Gasteiger partial charge in [-0.15, -0.1) is 17.9 Å². The molecule has 4 aromatic rings. The molecule has 0 saturated heterocycles. The zero-order valence-electron chi connectivity index (χ0n) is 13.4. The minimum Gasteiger partial charge on any atom is -0.312 e. The van der Waals surface area contributed by atoms with Crippen LogP contribution in [0, 0.1) is 0 Å². The highest BCUT2D eigenvalue weighted by Gasteiger charge is 2.17. The molecule has 0 saturated carbocycles. The number of allylic oxidation sites excluding steroid dienone is 1. The van der Waals surface area contributed by atoms with Crippen molar-refractivity contribution in [2.75, 3.05) is 0 Å². The summed E-state index contributed by atoms with van der Waals surface area (Å²) in [6.07, 6.45) is 1.80. The van der Waals surface area contributed by atoms with Crippen molar-refractivity contribution >= 4 is 76.4 Å². The largest absolute Gasteiger partial charge is 0.312 e. The molecule has 0 N–H and O–H groups in total. The number of carbonyl (C=O) groups is 1. The van der Waals surface area contributed by atoms with Crippen LogP contribution < -0.4 is 4.80 Å². The second kappa shape index (κ2) is 7.12. The number of benzene rings is 2. The van der Waals surface area contributed by atoms with E-state index in [0.29, 0.717) is 21.2 Å². The first-order chi connectivity index (χ1) is 12.6. The topological polar surface area (TPSA) is 34.4 Å². The van der Waals surface area contributed by atoms with Crippen LogP contribution in [0.4, 0.5) is 0 Å². The Bertz CT molecular complexity index is 1240. The first-order valence-electron chi connectivity index (χ1n) is 7.74. The summed E-state index contributed by atoms with van der Waals surface area (Å²) in [5.74, 6) is -0.320. The summed E-state index contributed by atoms with van der Waals surface area (Å²) in [7, 11) is 0. The molecule has 2 heterocycles. The van der Waals surface area contributed by atoms with Gasteiger partial charge >= 0.3 is 0 Å². The Morgan fingerprint density at radius 1 is 1.23 bits per heavy atom. The maximum atomic E-state index is 12.8. The van der Waals surface area contributed by atoms with Crippen molar-refractivity contribution < 1.29 is 4.79 Å². The SMILES string of the molecule is C=CCn1c(=NC(=O)c2sc3ccccc3c2Cl)sc2cc(Br)ccc21. The molecule has 4 rings (SSSR count). The van der Waals surface area contributed by atoms with Crippen LogP contribution in [0.5, 0.6) is 0 Å². The predicted octanol–water partition coefficient (Wildman–Crippen LogP) is 6.26. The number of thiazole rings is 1. The maximum absolute atomic E-state index is 12.8. The van der Waals surface area contributed by atoms with Crippen LogP contribution in [0.1, 0.15) is 9.67 Å². The fourth-order valence-electron chi connectivity index (χ4n) is 2.73. The lowest BCUT2D eigenvalue weighted by atomic mass is 10.2. The van der Waals surface area contributed by atoms with Gasteiger partial charge in [-0.05, 0) is 24.3 Å². The Labute approximate surface area is 171 Å². The van der Waals surface area contributed by atoms with Gasteiger partial charge in [0.1, 0.15) is 4.88 Å². The standard InChI is InChI=1S/C19H12BrClN2OS2/c1-2-9-23-13-8-7-11(20)10-15(13)26-19(23)22-18(24)17-16(21)12-5-3-4-6-14(12)25-17/h2-8,10H,1,9H2. The van der Waals surface area contributed by atoms with Gasteiger partial charge in [0.25, 0.3) is 5.91 Å². The van der Waals surface area contributed by atoms with Crippen molar-refractivity contribution in [1.29, 1.82) is 0 Å². The van der Waals surface area contributed by atoms with Crippen LogP contribution in [0.2, 0.25) is 5.02 Å². The quantitative estimate of drug-likeness (QED) is 0.330. The van der Waals surface area contributed by atoms with E-state index in [0.717, 1.165) is 24.8 Å². The van der Waals surface area contributed by atoms with Gasteiger partial charge in [-0.1, -0.05) is 63.1 Å². The molecule has 3 nitrogen and oxygen atoms in total. The van der Waals surface area contributed by atoms with E-state index in [1.165, 1.54) is 22.7 Å². The second-order valence-corrected chi connectivity index (χ2v) is 8.91. The average Bonchev–Trinajstić information content (AvgIpc) is 3.13. The Morgan fingerprint density at radius 3 is 2.81 bits per heavy atom. The van der Waals surface area contributed by atoms with E-state index >= 15 is 0 Å². The van der Waals surface area contributed by atoms with Crippen LogP contribution in [0.15, 0.2) is 64.6 Å². The molecular formula is C19H12BrClN2OS2. The van der Waals surface area contributed by atoms with Crippen molar-refractivity contribution in [1.82, 2.24) is 4.57 Å². The summed E-state index contributed by atoms with van der Waals surface area (Å²) in [6, 6.07) is 13.7. The third kappa shape index (κ3) is 3.07. The van der Waals surface area contributed by atoms with Gasteiger partial charge in [0.15, 0.2) is 4.80 Å². The first kappa shape index (κ1) is 17.7. The number of aromatic nitrogens is 1. The highest BCUT2D eigenvalue weighted by molar-refractivity contribution is 9.10. The molecule has 130 valence electrons. The molecule has 0 aliphatic heterocycles. The van der Waals surface area contributed by atoms with E-state index in [9.17, 15) is 4.79 Å². The summed E-state index contributed by atoms with van der Waals surface area (Å²) in [5.41, 5.74) is 1.02. The molecule has 0 atom stereocenters. The molecule has 0 aliphatic rings. The lowest BCUT2D eigenvalue weighted by molar-refractivity contribution is 0.100. The molecule has 0 aliphatic carbocycles. The van der Waals surface area contributed by atoms with Gasteiger partial charge in [0.05, 0.1) is 15.2 Å². The summed E-state index contributed by atoms with van der Waals surface area (Å²) < 4.78 is 5.01. The van der Waals surface area contributed by atoms with Crippen molar-refractivity contribution in [3.63, 3.8) is 0 Å². The summed E-state index contributed by atoms with van der Waals surface area (Å²) in [5, 5.41) is 1.36. The summed E-state index contributed by atoms with van der Waals surface area (Å²) in [6.45, 7) is 4.39. The second-order valence-electron chi connectivity index (χ2n) is 5.55. The Balaban J connectivity index is 1.89. The van der Waals surface area contributed by atoms with E-state index < -0.39 is 0 Å².